The van der Waals surface area contributed by atoms with Crippen LogP contribution in [-0.2, 0) is 4.79 Å². The molecule has 0 aromatic heterocycles. The van der Waals surface area contributed by atoms with Crippen molar-refractivity contribution in [2.45, 2.75) is 0 Å². The molecule has 0 aliphatic carbocycles. The summed E-state index contributed by atoms with van der Waals surface area (Å²) in [5, 5.41) is 2.15. The van der Waals surface area contributed by atoms with Gasteiger partial charge in [0.1, 0.15) is 0 Å². The normalized spacial score (nSPS) is 9.11. The molecule has 4 nitrogen and oxygen atoms in total. The molecule has 0 heterocycles. The number of fused-ring (bicyclic) bond motifs is 1. The molecule has 6 heteroatoms. The number of nitrogens with two attached hydrogens (primary N) is 2. The van der Waals surface area contributed by atoms with Crippen LogP contribution in [0.3, 0.4) is 0 Å². The van der Waals surface area contributed by atoms with E-state index in [1.165, 1.54) is 6.08 Å². The minimum atomic E-state index is -0.141. The van der Waals surface area contributed by atoms with E-state index in [0.717, 1.165) is 22.1 Å². The molecule has 0 saturated heterocycles. The first kappa shape index (κ1) is 24.6. The van der Waals surface area contributed by atoms with Gasteiger partial charge in [0.15, 0.2) is 0 Å². The molecule has 0 aliphatic heterocycles. The number of anilines is 2. The average Bonchev–Trinajstić information content (AvgIpc) is 2.69. The molecular weight excluding hydrogens is 381 g/mol. The van der Waals surface area contributed by atoms with E-state index < -0.39 is 0 Å². The molecule has 0 unspecified atom stereocenters. The number of carbonyl (C=O) groups excluding carboxylic acids is 1. The van der Waals surface area contributed by atoms with Gasteiger partial charge in [0.2, 0.25) is 0 Å². The third kappa shape index (κ3) is 6.38. The predicted octanol–water partition coefficient (Wildman–Crippen LogP) is 4.44. The molecule has 144 valence electrons. The van der Waals surface area contributed by atoms with E-state index in [4.69, 9.17) is 11.5 Å². The Morgan fingerprint density at radius 2 is 1.41 bits per heavy atom. The van der Waals surface area contributed by atoms with Gasteiger partial charge in [-0.2, -0.15) is 0 Å². The van der Waals surface area contributed by atoms with E-state index >= 15 is 0 Å². The molecule has 3 aromatic rings. The lowest BCUT2D eigenvalue weighted by molar-refractivity contribution is -0.113. The Morgan fingerprint density at radius 3 is 2.00 bits per heavy atom. The fourth-order valence-electron chi connectivity index (χ4n) is 2.46. The SMILES string of the molecule is C=CC(=O)N(c1ccccc1)c1cccc2ccccc12.Cl.Cl.NCCN. The molecule has 0 spiro atoms. The summed E-state index contributed by atoms with van der Waals surface area (Å²) in [6.45, 7) is 4.82. The summed E-state index contributed by atoms with van der Waals surface area (Å²) in [6, 6.07) is 23.6. The topological polar surface area (TPSA) is 72.3 Å². The van der Waals surface area contributed by atoms with Crippen LogP contribution in [-0.4, -0.2) is 19.0 Å². The van der Waals surface area contributed by atoms with Crippen molar-refractivity contribution in [2.75, 3.05) is 18.0 Å². The van der Waals surface area contributed by atoms with Crippen LogP contribution in [0.2, 0.25) is 0 Å². The maximum absolute atomic E-state index is 12.4. The third-order valence-electron chi connectivity index (χ3n) is 3.58. The Labute approximate surface area is 172 Å². The molecule has 3 rings (SSSR count). The maximum atomic E-state index is 12.4. The second kappa shape index (κ2) is 12.9. The number of halogens is 2. The van der Waals surface area contributed by atoms with Crippen molar-refractivity contribution in [3.63, 3.8) is 0 Å². The Kier molecular flexibility index (Phi) is 11.8. The van der Waals surface area contributed by atoms with Crippen LogP contribution in [0, 0.1) is 0 Å². The first-order chi connectivity index (χ1) is 12.2. The van der Waals surface area contributed by atoms with Crippen LogP contribution in [0.5, 0.6) is 0 Å². The van der Waals surface area contributed by atoms with Gasteiger partial charge in [-0.1, -0.05) is 61.2 Å². The van der Waals surface area contributed by atoms with Gasteiger partial charge in [-0.3, -0.25) is 9.69 Å². The van der Waals surface area contributed by atoms with E-state index in [1.54, 1.807) is 4.90 Å². The average molecular weight is 406 g/mol. The summed E-state index contributed by atoms with van der Waals surface area (Å²) in [5.74, 6) is -0.141. The van der Waals surface area contributed by atoms with Crippen molar-refractivity contribution in [3.05, 3.63) is 85.5 Å². The molecule has 27 heavy (non-hydrogen) atoms. The lowest BCUT2D eigenvalue weighted by Gasteiger charge is -2.23. The standard InChI is InChI=1S/C19H15NO.C2H8N2.2ClH/c1-2-19(21)20(16-11-4-3-5-12-16)18-14-8-10-15-9-6-7-13-17(15)18;3-1-2-4;;/h2-14H,1H2;1-4H2;2*1H. The minimum Gasteiger partial charge on any atom is -0.329 e. The summed E-state index contributed by atoms with van der Waals surface area (Å²) < 4.78 is 0. The number of rotatable bonds is 4. The molecular formula is C21H25Cl2N3O. The Hall–Kier alpha value is -2.37. The van der Waals surface area contributed by atoms with Gasteiger partial charge in [0, 0.05) is 24.2 Å². The van der Waals surface area contributed by atoms with Crippen LogP contribution in [0.1, 0.15) is 0 Å². The number of benzene rings is 3. The molecule has 0 aliphatic rings. The van der Waals surface area contributed by atoms with E-state index in [0.29, 0.717) is 13.1 Å². The zero-order valence-electron chi connectivity index (χ0n) is 15.0. The smallest absolute Gasteiger partial charge is 0.254 e. The van der Waals surface area contributed by atoms with Crippen LogP contribution in [0.4, 0.5) is 11.4 Å². The number of amides is 1. The second-order valence-electron chi connectivity index (χ2n) is 5.29. The van der Waals surface area contributed by atoms with Crippen LogP contribution in [0.25, 0.3) is 10.8 Å². The number of nitrogens with zero attached hydrogens (tertiary/aromatic N) is 1. The fraction of sp³-hybridized carbons (Fsp3) is 0.0952. The van der Waals surface area contributed by atoms with Crippen molar-refractivity contribution in [1.29, 1.82) is 0 Å². The highest BCUT2D eigenvalue weighted by molar-refractivity contribution is 6.12. The molecule has 0 fully saturated rings. The van der Waals surface area contributed by atoms with Gasteiger partial charge in [-0.15, -0.1) is 24.8 Å². The molecule has 1 amide bonds. The Balaban J connectivity index is 0.00000103. The second-order valence-corrected chi connectivity index (χ2v) is 5.29. The van der Waals surface area contributed by atoms with Gasteiger partial charge >= 0.3 is 0 Å². The summed E-state index contributed by atoms with van der Waals surface area (Å²) in [6.07, 6.45) is 1.34. The number of hydrogen-bond acceptors (Lipinski definition) is 3. The van der Waals surface area contributed by atoms with Crippen LogP contribution < -0.4 is 16.4 Å². The molecule has 0 bridgehead atoms. The molecule has 0 saturated carbocycles. The van der Waals surface area contributed by atoms with Gasteiger partial charge in [0.05, 0.1) is 5.69 Å². The number of para-hydroxylation sites is 1. The lowest BCUT2D eigenvalue weighted by Crippen LogP contribution is -2.23. The maximum Gasteiger partial charge on any atom is 0.254 e. The van der Waals surface area contributed by atoms with Crippen molar-refractivity contribution in [2.24, 2.45) is 11.5 Å². The van der Waals surface area contributed by atoms with Crippen molar-refractivity contribution in [3.8, 4) is 0 Å². The largest absolute Gasteiger partial charge is 0.329 e. The van der Waals surface area contributed by atoms with Gasteiger partial charge in [-0.25, -0.2) is 0 Å². The molecule has 3 aromatic carbocycles. The summed E-state index contributed by atoms with van der Waals surface area (Å²) in [4.78, 5) is 14.1. The summed E-state index contributed by atoms with van der Waals surface area (Å²) >= 11 is 0. The highest BCUT2D eigenvalue weighted by atomic mass is 35.5. The quantitative estimate of drug-likeness (QED) is 0.630. The lowest BCUT2D eigenvalue weighted by atomic mass is 10.1. The van der Waals surface area contributed by atoms with Crippen LogP contribution in [0.15, 0.2) is 85.5 Å². The zero-order chi connectivity index (χ0) is 18.1. The van der Waals surface area contributed by atoms with E-state index in [2.05, 4.69) is 6.58 Å². The number of hydrogen-bond donors (Lipinski definition) is 2. The van der Waals surface area contributed by atoms with Gasteiger partial charge in [0.25, 0.3) is 5.91 Å². The Morgan fingerprint density at radius 1 is 0.852 bits per heavy atom. The molecule has 4 N–H and O–H groups in total. The monoisotopic (exact) mass is 405 g/mol. The van der Waals surface area contributed by atoms with Gasteiger partial charge in [-0.05, 0) is 29.7 Å². The van der Waals surface area contributed by atoms with Crippen molar-refractivity contribution in [1.82, 2.24) is 0 Å². The van der Waals surface area contributed by atoms with E-state index in [-0.39, 0.29) is 30.7 Å². The minimum absolute atomic E-state index is 0. The highest BCUT2D eigenvalue weighted by Gasteiger charge is 2.17. The van der Waals surface area contributed by atoms with Crippen molar-refractivity contribution >= 4 is 52.9 Å². The highest BCUT2D eigenvalue weighted by Crippen LogP contribution is 2.32. The molecule has 0 radical (unpaired) electrons. The summed E-state index contributed by atoms with van der Waals surface area (Å²) in [7, 11) is 0. The fourth-order valence-corrected chi connectivity index (χ4v) is 2.46. The number of carbonyl (C=O) groups is 1. The molecule has 0 atom stereocenters. The van der Waals surface area contributed by atoms with E-state index in [1.807, 2.05) is 72.8 Å². The first-order valence-corrected chi connectivity index (χ1v) is 8.12. The zero-order valence-corrected chi connectivity index (χ0v) is 16.6. The summed E-state index contributed by atoms with van der Waals surface area (Å²) in [5.41, 5.74) is 11.5. The van der Waals surface area contributed by atoms with Crippen molar-refractivity contribution < 1.29 is 4.79 Å². The Bertz CT molecular complexity index is 834. The van der Waals surface area contributed by atoms with Crippen LogP contribution >= 0.6 is 24.8 Å². The predicted molar refractivity (Wildman–Crippen MR) is 120 cm³/mol. The van der Waals surface area contributed by atoms with Gasteiger partial charge < -0.3 is 11.5 Å². The third-order valence-corrected chi connectivity index (χ3v) is 3.58. The first-order valence-electron chi connectivity index (χ1n) is 8.12. The van der Waals surface area contributed by atoms with E-state index in [9.17, 15) is 4.79 Å².